The highest BCUT2D eigenvalue weighted by molar-refractivity contribution is 7.80. The summed E-state index contributed by atoms with van der Waals surface area (Å²) < 4.78 is 32.9. The third kappa shape index (κ3) is 2.56. The SMILES string of the molecule is NC1=NC(O)=C[C@H](N)N1OS(=O)(=O)O. The number of hydrogen-bond acceptors (Lipinski definition) is 8. The Hall–Kier alpha value is -1.36. The zero-order valence-electron chi connectivity index (χ0n) is 6.73. The van der Waals surface area contributed by atoms with E-state index in [-0.39, 0.29) is 0 Å². The van der Waals surface area contributed by atoms with Gasteiger partial charge in [-0.3, -0.25) is 4.55 Å². The standard InChI is InChI=1S/C4H8N4O5S/c5-2-1-3(9)7-4(6)8(2)13-14(10,11)12/h1-2,9H,5H2,(H2,6,7)(H,10,11,12)/t2-/m1/s1. The Kier molecular flexibility index (Phi) is 2.62. The summed E-state index contributed by atoms with van der Waals surface area (Å²) >= 11 is 0. The van der Waals surface area contributed by atoms with Crippen LogP contribution in [0.4, 0.5) is 0 Å². The number of aliphatic imine (C=N–C) groups is 1. The first-order chi connectivity index (χ1) is 6.29. The Labute approximate surface area is 79.2 Å². The first-order valence-corrected chi connectivity index (χ1v) is 4.63. The van der Waals surface area contributed by atoms with Gasteiger partial charge in [0, 0.05) is 6.08 Å². The Morgan fingerprint density at radius 1 is 1.64 bits per heavy atom. The molecule has 0 spiro atoms. The van der Waals surface area contributed by atoms with E-state index < -0.39 is 28.4 Å². The van der Waals surface area contributed by atoms with Crippen molar-refractivity contribution in [1.29, 1.82) is 0 Å². The molecule has 80 valence electrons. The molecule has 0 aromatic heterocycles. The molecule has 0 aromatic rings. The lowest BCUT2D eigenvalue weighted by atomic mass is 10.4. The second-order valence-electron chi connectivity index (χ2n) is 2.31. The lowest BCUT2D eigenvalue weighted by molar-refractivity contribution is -0.0138. The maximum absolute atomic E-state index is 10.3. The van der Waals surface area contributed by atoms with Crippen LogP contribution in [0.1, 0.15) is 0 Å². The van der Waals surface area contributed by atoms with Crippen LogP contribution in [-0.4, -0.2) is 35.3 Å². The van der Waals surface area contributed by atoms with E-state index in [0.29, 0.717) is 5.06 Å². The van der Waals surface area contributed by atoms with E-state index in [4.69, 9.17) is 21.1 Å². The fourth-order valence-corrected chi connectivity index (χ4v) is 1.15. The highest BCUT2D eigenvalue weighted by Gasteiger charge is 2.26. The molecule has 14 heavy (non-hydrogen) atoms. The van der Waals surface area contributed by atoms with Crippen LogP contribution in [0.25, 0.3) is 0 Å². The van der Waals surface area contributed by atoms with Gasteiger partial charge in [0.15, 0.2) is 0 Å². The Balaban J connectivity index is 2.88. The summed E-state index contributed by atoms with van der Waals surface area (Å²) in [7, 11) is -4.73. The van der Waals surface area contributed by atoms with Crippen LogP contribution < -0.4 is 11.5 Å². The molecule has 0 amide bonds. The van der Waals surface area contributed by atoms with Crippen molar-refractivity contribution in [3.63, 3.8) is 0 Å². The van der Waals surface area contributed by atoms with Crippen molar-refractivity contribution in [1.82, 2.24) is 5.06 Å². The molecule has 0 unspecified atom stereocenters. The third-order valence-electron chi connectivity index (χ3n) is 1.22. The average Bonchev–Trinajstić information content (AvgIpc) is 1.95. The van der Waals surface area contributed by atoms with Gasteiger partial charge in [0.05, 0.1) is 0 Å². The van der Waals surface area contributed by atoms with Crippen LogP contribution in [-0.2, 0) is 14.7 Å². The molecule has 0 saturated carbocycles. The van der Waals surface area contributed by atoms with Gasteiger partial charge in [-0.05, 0) is 0 Å². The van der Waals surface area contributed by atoms with Gasteiger partial charge in [-0.15, -0.1) is 4.28 Å². The van der Waals surface area contributed by atoms with Crippen molar-refractivity contribution in [2.24, 2.45) is 16.5 Å². The van der Waals surface area contributed by atoms with Crippen molar-refractivity contribution < 1.29 is 22.4 Å². The van der Waals surface area contributed by atoms with Gasteiger partial charge in [0.25, 0.3) is 0 Å². The quantitative estimate of drug-likeness (QED) is 0.394. The normalized spacial score (nSPS) is 23.0. The summed E-state index contributed by atoms with van der Waals surface area (Å²) in [5.41, 5.74) is 10.5. The number of aliphatic hydroxyl groups is 1. The van der Waals surface area contributed by atoms with E-state index in [1.807, 2.05) is 0 Å². The van der Waals surface area contributed by atoms with Crippen LogP contribution in [0.2, 0.25) is 0 Å². The number of guanidine groups is 1. The summed E-state index contributed by atoms with van der Waals surface area (Å²) in [5.74, 6) is -0.958. The van der Waals surface area contributed by atoms with Gasteiger partial charge in [-0.2, -0.15) is 18.5 Å². The van der Waals surface area contributed by atoms with Crippen LogP contribution in [0.5, 0.6) is 0 Å². The van der Waals surface area contributed by atoms with Gasteiger partial charge in [0.1, 0.15) is 6.17 Å². The number of hydroxylamine groups is 2. The van der Waals surface area contributed by atoms with Crippen molar-refractivity contribution >= 4 is 16.4 Å². The highest BCUT2D eigenvalue weighted by atomic mass is 32.3. The largest absolute Gasteiger partial charge is 0.493 e. The zero-order valence-corrected chi connectivity index (χ0v) is 7.55. The lowest BCUT2D eigenvalue weighted by Gasteiger charge is -2.26. The predicted octanol–water partition coefficient (Wildman–Crippen LogP) is -1.96. The van der Waals surface area contributed by atoms with Crippen molar-refractivity contribution in [3.05, 3.63) is 12.0 Å². The third-order valence-corrected chi connectivity index (χ3v) is 1.57. The van der Waals surface area contributed by atoms with Gasteiger partial charge >= 0.3 is 10.4 Å². The van der Waals surface area contributed by atoms with Crippen molar-refractivity contribution in [2.75, 3.05) is 0 Å². The summed E-state index contributed by atoms with van der Waals surface area (Å²) in [6.45, 7) is 0. The molecule has 1 heterocycles. The number of rotatable bonds is 2. The molecule has 1 atom stereocenters. The smallest absolute Gasteiger partial charge is 0.418 e. The number of aliphatic hydroxyl groups excluding tert-OH is 1. The minimum absolute atomic E-state index is 0.426. The maximum atomic E-state index is 10.3. The van der Waals surface area contributed by atoms with Crippen LogP contribution >= 0.6 is 0 Å². The molecule has 10 heteroatoms. The van der Waals surface area contributed by atoms with Crippen LogP contribution in [0, 0.1) is 0 Å². The predicted molar refractivity (Wildman–Crippen MR) is 44.8 cm³/mol. The van der Waals surface area contributed by atoms with Crippen LogP contribution in [0.3, 0.4) is 0 Å². The molecule has 0 radical (unpaired) electrons. The topological polar surface area (TPSA) is 151 Å². The Morgan fingerprint density at radius 2 is 2.21 bits per heavy atom. The summed E-state index contributed by atoms with van der Waals surface area (Å²) in [6.07, 6.45) is -0.184. The molecule has 0 saturated heterocycles. The van der Waals surface area contributed by atoms with Crippen molar-refractivity contribution in [3.8, 4) is 0 Å². The van der Waals surface area contributed by atoms with Crippen molar-refractivity contribution in [2.45, 2.75) is 6.17 Å². The second kappa shape index (κ2) is 3.42. The fourth-order valence-electron chi connectivity index (χ4n) is 0.766. The zero-order chi connectivity index (χ0) is 10.9. The minimum atomic E-state index is -4.73. The Bertz CT molecular complexity index is 387. The molecule has 0 fully saturated rings. The van der Waals surface area contributed by atoms with Crippen LogP contribution in [0.15, 0.2) is 17.0 Å². The second-order valence-corrected chi connectivity index (χ2v) is 3.32. The van der Waals surface area contributed by atoms with Gasteiger partial charge in [-0.25, -0.2) is 0 Å². The van der Waals surface area contributed by atoms with Gasteiger partial charge in [-0.1, -0.05) is 0 Å². The molecule has 0 bridgehead atoms. The maximum Gasteiger partial charge on any atom is 0.418 e. The van der Waals surface area contributed by atoms with E-state index in [1.165, 1.54) is 0 Å². The lowest BCUT2D eigenvalue weighted by Crippen LogP contribution is -2.50. The number of nitrogens with two attached hydrogens (primary N) is 2. The van der Waals surface area contributed by atoms with E-state index in [1.54, 1.807) is 0 Å². The van der Waals surface area contributed by atoms with Gasteiger partial charge in [0.2, 0.25) is 11.8 Å². The summed E-state index contributed by atoms with van der Waals surface area (Å²) in [4.78, 5) is 3.26. The van der Waals surface area contributed by atoms with Gasteiger partial charge < -0.3 is 16.6 Å². The highest BCUT2D eigenvalue weighted by Crippen LogP contribution is 2.09. The molecule has 6 N–H and O–H groups in total. The molecule has 9 nitrogen and oxygen atoms in total. The first-order valence-electron chi connectivity index (χ1n) is 3.26. The monoisotopic (exact) mass is 224 g/mol. The minimum Gasteiger partial charge on any atom is -0.493 e. The fraction of sp³-hybridized carbons (Fsp3) is 0.250. The number of nitrogens with zero attached hydrogens (tertiary/aromatic N) is 2. The molecular formula is C4H8N4O5S. The van der Waals surface area contributed by atoms with E-state index in [9.17, 15) is 8.42 Å². The first kappa shape index (κ1) is 10.7. The molecule has 0 aliphatic carbocycles. The summed E-state index contributed by atoms with van der Waals surface area (Å²) in [5, 5.41) is 9.31. The number of hydrogen-bond donors (Lipinski definition) is 4. The molecular weight excluding hydrogens is 216 g/mol. The average molecular weight is 224 g/mol. The molecule has 1 aliphatic rings. The molecule has 1 rings (SSSR count). The summed E-state index contributed by atoms with van der Waals surface area (Å²) in [6, 6.07) is 0. The molecule has 0 aromatic carbocycles. The Morgan fingerprint density at radius 3 is 2.64 bits per heavy atom. The van der Waals surface area contributed by atoms with E-state index in [0.717, 1.165) is 6.08 Å². The molecule has 1 aliphatic heterocycles. The van der Waals surface area contributed by atoms with E-state index in [2.05, 4.69) is 9.28 Å². The van der Waals surface area contributed by atoms with E-state index >= 15 is 0 Å².